The van der Waals surface area contributed by atoms with Gasteiger partial charge in [0, 0.05) is 21.7 Å². The minimum absolute atomic E-state index is 0.363. The first-order valence-corrected chi connectivity index (χ1v) is 6.67. The zero-order valence-corrected chi connectivity index (χ0v) is 12.0. The van der Waals surface area contributed by atoms with Gasteiger partial charge in [-0.05, 0) is 35.9 Å². The zero-order chi connectivity index (χ0) is 14.4. The lowest BCUT2D eigenvalue weighted by Gasteiger charge is -2.08. The molecule has 0 aromatic heterocycles. The van der Waals surface area contributed by atoms with Crippen LogP contribution in [0.25, 0.3) is 6.08 Å². The van der Waals surface area contributed by atoms with E-state index in [1.54, 1.807) is 18.2 Å². The molecular weight excluding hydrogens is 293 g/mol. The van der Waals surface area contributed by atoms with Crippen molar-refractivity contribution >= 4 is 29.3 Å². The quantitative estimate of drug-likeness (QED) is 0.735. The second kappa shape index (κ2) is 7.00. The molecule has 0 spiro atoms. The first-order chi connectivity index (χ1) is 9.69. The second-order valence-corrected chi connectivity index (χ2v) is 4.90. The topological polar surface area (TPSA) is 33.0 Å². The van der Waals surface area contributed by atoms with E-state index in [0.717, 1.165) is 16.9 Å². The van der Waals surface area contributed by atoms with Crippen molar-refractivity contribution in [1.82, 2.24) is 0 Å². The van der Waals surface area contributed by atoms with Crippen molar-refractivity contribution in [1.29, 1.82) is 5.26 Å². The van der Waals surface area contributed by atoms with Crippen LogP contribution in [-0.4, -0.2) is 0 Å². The zero-order valence-electron chi connectivity index (χ0n) is 10.5. The Kier molecular flexibility index (Phi) is 5.06. The number of ether oxygens (including phenoxy) is 1. The number of hydrogen-bond donors (Lipinski definition) is 0. The van der Waals surface area contributed by atoms with Gasteiger partial charge in [-0.25, -0.2) is 0 Å². The summed E-state index contributed by atoms with van der Waals surface area (Å²) in [5.74, 6) is 0.719. The molecule has 0 atom stereocenters. The maximum absolute atomic E-state index is 8.51. The molecule has 0 heterocycles. The van der Waals surface area contributed by atoms with Crippen LogP contribution in [0.1, 0.15) is 11.1 Å². The highest BCUT2D eigenvalue weighted by molar-refractivity contribution is 6.35. The van der Waals surface area contributed by atoms with Gasteiger partial charge in [0.05, 0.1) is 6.07 Å². The molecule has 20 heavy (non-hydrogen) atoms. The molecule has 0 saturated heterocycles. The van der Waals surface area contributed by atoms with Crippen LogP contribution < -0.4 is 4.74 Å². The summed E-state index contributed by atoms with van der Waals surface area (Å²) in [5, 5.41) is 9.69. The summed E-state index contributed by atoms with van der Waals surface area (Å²) in [6.07, 6.45) is 3.15. The number of allylic oxidation sites excluding steroid dienone is 1. The Labute approximate surface area is 127 Å². The molecule has 0 fully saturated rings. The Morgan fingerprint density at radius 1 is 1.15 bits per heavy atom. The molecule has 0 N–H and O–H groups in total. The van der Waals surface area contributed by atoms with E-state index in [0.29, 0.717) is 16.7 Å². The van der Waals surface area contributed by atoms with Crippen molar-refractivity contribution in [3.05, 3.63) is 69.7 Å². The van der Waals surface area contributed by atoms with E-state index in [9.17, 15) is 0 Å². The highest BCUT2D eigenvalue weighted by Gasteiger charge is 2.02. The maximum Gasteiger partial charge on any atom is 0.120 e. The molecule has 2 rings (SSSR count). The number of halogens is 2. The molecule has 0 aliphatic carbocycles. The lowest BCUT2D eigenvalue weighted by Crippen LogP contribution is -1.96. The van der Waals surface area contributed by atoms with E-state index in [1.807, 2.05) is 36.4 Å². The Bertz CT molecular complexity index is 674. The van der Waals surface area contributed by atoms with Crippen molar-refractivity contribution in [3.63, 3.8) is 0 Å². The molecule has 2 aromatic carbocycles. The van der Waals surface area contributed by atoms with Crippen molar-refractivity contribution in [3.8, 4) is 11.8 Å². The SMILES string of the molecule is N#C/C=C/c1cccc(OCc2ccc(Cl)cc2Cl)c1. The number of benzene rings is 2. The fraction of sp³-hybridized carbons (Fsp3) is 0.0625. The number of nitrogens with zero attached hydrogens (tertiary/aromatic N) is 1. The lowest BCUT2D eigenvalue weighted by molar-refractivity contribution is 0.306. The molecule has 0 aliphatic heterocycles. The first kappa shape index (κ1) is 14.5. The minimum atomic E-state index is 0.363. The normalized spacial score (nSPS) is 10.4. The summed E-state index contributed by atoms with van der Waals surface area (Å²) in [6, 6.07) is 14.7. The van der Waals surface area contributed by atoms with E-state index in [2.05, 4.69) is 0 Å². The number of nitriles is 1. The van der Waals surface area contributed by atoms with Gasteiger partial charge in [-0.15, -0.1) is 0 Å². The van der Waals surface area contributed by atoms with Gasteiger partial charge in [0.1, 0.15) is 12.4 Å². The Balaban J connectivity index is 2.07. The van der Waals surface area contributed by atoms with Gasteiger partial charge < -0.3 is 4.74 Å². The average molecular weight is 304 g/mol. The van der Waals surface area contributed by atoms with Crippen molar-refractivity contribution in [2.75, 3.05) is 0 Å². The fourth-order valence-corrected chi connectivity index (χ4v) is 2.10. The third kappa shape index (κ3) is 4.03. The molecule has 0 aliphatic rings. The van der Waals surface area contributed by atoms with Gasteiger partial charge >= 0.3 is 0 Å². The van der Waals surface area contributed by atoms with E-state index >= 15 is 0 Å². The van der Waals surface area contributed by atoms with Gasteiger partial charge in [-0.3, -0.25) is 0 Å². The highest BCUT2D eigenvalue weighted by Crippen LogP contribution is 2.23. The molecule has 2 nitrogen and oxygen atoms in total. The maximum atomic E-state index is 8.51. The van der Waals surface area contributed by atoms with Gasteiger partial charge in [0.15, 0.2) is 0 Å². The predicted molar refractivity (Wildman–Crippen MR) is 81.9 cm³/mol. The van der Waals surface area contributed by atoms with Crippen molar-refractivity contribution in [2.45, 2.75) is 6.61 Å². The molecule has 0 saturated carbocycles. The standard InChI is InChI=1S/C16H11Cl2NO/c17-14-7-6-13(16(18)10-14)11-20-15-5-1-3-12(9-15)4-2-8-19/h1-7,9-10H,11H2/b4-2+. The van der Waals surface area contributed by atoms with Gasteiger partial charge in [0.2, 0.25) is 0 Å². The number of hydrogen-bond acceptors (Lipinski definition) is 2. The van der Waals surface area contributed by atoms with Crippen LogP contribution in [0.4, 0.5) is 0 Å². The predicted octanol–water partition coefficient (Wildman–Crippen LogP) is 5.11. The Hall–Kier alpha value is -1.95. The van der Waals surface area contributed by atoms with Crippen LogP contribution in [0.2, 0.25) is 10.0 Å². The molecule has 0 radical (unpaired) electrons. The summed E-state index contributed by atoms with van der Waals surface area (Å²) in [5.41, 5.74) is 1.78. The van der Waals surface area contributed by atoms with Gasteiger partial charge in [-0.2, -0.15) is 5.26 Å². The molecule has 4 heteroatoms. The second-order valence-electron chi connectivity index (χ2n) is 4.06. The van der Waals surface area contributed by atoms with Crippen LogP contribution in [0.3, 0.4) is 0 Å². The van der Waals surface area contributed by atoms with Crippen LogP contribution in [-0.2, 0) is 6.61 Å². The van der Waals surface area contributed by atoms with Crippen molar-refractivity contribution in [2.24, 2.45) is 0 Å². The molecule has 2 aromatic rings. The molecule has 100 valence electrons. The fourth-order valence-electron chi connectivity index (χ4n) is 1.64. The van der Waals surface area contributed by atoms with Crippen molar-refractivity contribution < 1.29 is 4.74 Å². The molecule has 0 unspecified atom stereocenters. The van der Waals surface area contributed by atoms with Crippen LogP contribution in [0.15, 0.2) is 48.5 Å². The molecular formula is C16H11Cl2NO. The van der Waals surface area contributed by atoms with Crippen LogP contribution in [0.5, 0.6) is 5.75 Å². The van der Waals surface area contributed by atoms with E-state index in [4.69, 9.17) is 33.2 Å². The Morgan fingerprint density at radius 2 is 2.00 bits per heavy atom. The monoisotopic (exact) mass is 303 g/mol. The van der Waals surface area contributed by atoms with Crippen LogP contribution in [0, 0.1) is 11.3 Å². The van der Waals surface area contributed by atoms with Gasteiger partial charge in [-0.1, -0.05) is 41.4 Å². The number of rotatable bonds is 4. The summed E-state index contributed by atoms with van der Waals surface area (Å²) in [4.78, 5) is 0. The smallest absolute Gasteiger partial charge is 0.120 e. The summed E-state index contributed by atoms with van der Waals surface area (Å²) < 4.78 is 5.69. The van der Waals surface area contributed by atoms with E-state index < -0.39 is 0 Å². The third-order valence-corrected chi connectivity index (χ3v) is 3.20. The molecule has 0 amide bonds. The average Bonchev–Trinajstić information content (AvgIpc) is 2.45. The Morgan fingerprint density at radius 3 is 2.75 bits per heavy atom. The summed E-state index contributed by atoms with van der Waals surface area (Å²) in [6.45, 7) is 0.363. The minimum Gasteiger partial charge on any atom is -0.489 e. The summed E-state index contributed by atoms with van der Waals surface area (Å²) in [7, 11) is 0. The largest absolute Gasteiger partial charge is 0.489 e. The third-order valence-electron chi connectivity index (χ3n) is 2.62. The molecule has 0 bridgehead atoms. The summed E-state index contributed by atoms with van der Waals surface area (Å²) >= 11 is 11.9. The van der Waals surface area contributed by atoms with E-state index in [-0.39, 0.29) is 0 Å². The van der Waals surface area contributed by atoms with Crippen LogP contribution >= 0.6 is 23.2 Å². The highest BCUT2D eigenvalue weighted by atomic mass is 35.5. The van der Waals surface area contributed by atoms with E-state index in [1.165, 1.54) is 6.08 Å². The lowest BCUT2D eigenvalue weighted by atomic mass is 10.2. The first-order valence-electron chi connectivity index (χ1n) is 5.92. The van der Waals surface area contributed by atoms with Gasteiger partial charge in [0.25, 0.3) is 0 Å².